The lowest BCUT2D eigenvalue weighted by molar-refractivity contribution is -0.147. The van der Waals surface area contributed by atoms with Crippen LogP contribution in [-0.2, 0) is 19.0 Å². The molecule has 0 aromatic heterocycles. The fourth-order valence-electron chi connectivity index (χ4n) is 6.77. The number of hydrogen-bond acceptors (Lipinski definition) is 6. The summed E-state index contributed by atoms with van der Waals surface area (Å²) in [5.41, 5.74) is 0.343. The number of carbonyl (C=O) groups excluding carboxylic acids is 2. The largest absolute Gasteiger partial charge is 0.462 e. The molecule has 2 saturated carbocycles. The van der Waals surface area contributed by atoms with Crippen molar-refractivity contribution in [2.75, 3.05) is 45.9 Å². The Morgan fingerprint density at radius 1 is 1.24 bits per heavy atom. The lowest BCUT2D eigenvalue weighted by Crippen LogP contribution is -2.53. The minimum Gasteiger partial charge on any atom is -0.462 e. The van der Waals surface area contributed by atoms with Crippen molar-refractivity contribution in [3.05, 3.63) is 0 Å². The minimum absolute atomic E-state index is 0.0131. The predicted octanol–water partition coefficient (Wildman–Crippen LogP) is 2.29. The van der Waals surface area contributed by atoms with Gasteiger partial charge in [0.2, 0.25) is 0 Å². The highest BCUT2D eigenvalue weighted by atomic mass is 16.6. The van der Waals surface area contributed by atoms with E-state index in [0.717, 1.165) is 39.1 Å². The van der Waals surface area contributed by atoms with Gasteiger partial charge in [-0.3, -0.25) is 9.69 Å². The molecule has 0 N–H and O–H groups in total. The smallest absolute Gasteiger partial charge is 0.409 e. The Kier molecular flexibility index (Phi) is 4.81. The summed E-state index contributed by atoms with van der Waals surface area (Å²) in [7, 11) is 0. The first-order chi connectivity index (χ1) is 13.9. The lowest BCUT2D eigenvalue weighted by atomic mass is 9.53. The quantitative estimate of drug-likeness (QED) is 0.529. The Labute approximate surface area is 173 Å². The molecule has 0 unspecified atom stereocenters. The van der Waals surface area contributed by atoms with E-state index in [-0.39, 0.29) is 35.1 Å². The molecule has 0 aromatic rings. The van der Waals surface area contributed by atoms with Gasteiger partial charge in [0.05, 0.1) is 24.7 Å². The maximum absolute atomic E-state index is 12.8. The molecule has 2 aliphatic carbocycles. The number of epoxide rings is 1. The third-order valence-electron chi connectivity index (χ3n) is 8.43. The molecule has 1 amide bonds. The maximum atomic E-state index is 12.8. The summed E-state index contributed by atoms with van der Waals surface area (Å²) in [5, 5.41) is 0. The summed E-state index contributed by atoms with van der Waals surface area (Å²) in [6.07, 6.45) is 5.53. The monoisotopic (exact) mass is 406 g/mol. The minimum atomic E-state index is -0.230. The molecule has 5 aliphatic rings. The second kappa shape index (κ2) is 7.12. The van der Waals surface area contributed by atoms with Crippen LogP contribution in [0, 0.1) is 23.2 Å². The number of piperazine rings is 1. The van der Waals surface area contributed by atoms with Gasteiger partial charge >= 0.3 is 12.1 Å². The Balaban J connectivity index is 1.23. The second-order valence-electron chi connectivity index (χ2n) is 10.1. The Hall–Kier alpha value is -1.34. The van der Waals surface area contributed by atoms with E-state index in [4.69, 9.17) is 14.2 Å². The van der Waals surface area contributed by atoms with Crippen LogP contribution in [0.15, 0.2) is 0 Å². The third kappa shape index (κ3) is 3.34. The van der Waals surface area contributed by atoms with Crippen LogP contribution in [0.3, 0.4) is 0 Å². The highest BCUT2D eigenvalue weighted by Gasteiger charge is 2.65. The molecular formula is C22H34N2O5. The molecule has 162 valence electrons. The summed E-state index contributed by atoms with van der Waals surface area (Å²) in [4.78, 5) is 28.8. The van der Waals surface area contributed by atoms with E-state index in [2.05, 4.69) is 11.8 Å². The first kappa shape index (κ1) is 19.6. The molecule has 3 aliphatic heterocycles. The zero-order valence-electron chi connectivity index (χ0n) is 17.7. The maximum Gasteiger partial charge on any atom is 0.409 e. The van der Waals surface area contributed by atoms with E-state index in [1.165, 1.54) is 19.3 Å². The van der Waals surface area contributed by atoms with Gasteiger partial charge in [0.25, 0.3) is 0 Å². The lowest BCUT2D eigenvalue weighted by Gasteiger charge is -2.51. The zero-order chi connectivity index (χ0) is 20.2. The molecule has 3 heterocycles. The molecular weight excluding hydrogens is 372 g/mol. The topological polar surface area (TPSA) is 71.6 Å². The zero-order valence-corrected chi connectivity index (χ0v) is 17.7. The number of carbonyl (C=O) groups is 2. The number of nitrogens with zero attached hydrogens (tertiary/aromatic N) is 2. The van der Waals surface area contributed by atoms with E-state index in [0.29, 0.717) is 31.5 Å². The second-order valence-corrected chi connectivity index (χ2v) is 10.1. The van der Waals surface area contributed by atoms with Crippen molar-refractivity contribution in [1.29, 1.82) is 0 Å². The molecule has 0 aromatic carbocycles. The van der Waals surface area contributed by atoms with Crippen LogP contribution in [0.2, 0.25) is 0 Å². The molecule has 6 atom stereocenters. The summed E-state index contributed by atoms with van der Waals surface area (Å²) >= 11 is 0. The van der Waals surface area contributed by atoms with Crippen LogP contribution in [0.4, 0.5) is 4.79 Å². The van der Waals surface area contributed by atoms with Crippen LogP contribution in [0.5, 0.6) is 0 Å². The molecule has 5 rings (SSSR count). The normalized spacial score (nSPS) is 44.2. The fraction of sp³-hybridized carbons (Fsp3) is 0.909. The van der Waals surface area contributed by atoms with Crippen molar-refractivity contribution in [3.63, 3.8) is 0 Å². The first-order valence-electron chi connectivity index (χ1n) is 11.4. The average molecular weight is 407 g/mol. The molecule has 5 fully saturated rings. The molecule has 29 heavy (non-hydrogen) atoms. The fourth-order valence-corrected chi connectivity index (χ4v) is 6.77. The number of fused-ring (bicyclic) bond motifs is 3. The summed E-state index contributed by atoms with van der Waals surface area (Å²) in [6, 6.07) is 0. The van der Waals surface area contributed by atoms with Crippen molar-refractivity contribution in [2.24, 2.45) is 23.2 Å². The van der Waals surface area contributed by atoms with Gasteiger partial charge in [-0.25, -0.2) is 4.79 Å². The van der Waals surface area contributed by atoms with Gasteiger partial charge in [0, 0.05) is 38.6 Å². The summed E-state index contributed by atoms with van der Waals surface area (Å²) < 4.78 is 17.0. The third-order valence-corrected chi connectivity index (χ3v) is 8.43. The summed E-state index contributed by atoms with van der Waals surface area (Å²) in [6.45, 7) is 9.16. The van der Waals surface area contributed by atoms with Crippen LogP contribution in [0.1, 0.15) is 46.0 Å². The van der Waals surface area contributed by atoms with E-state index >= 15 is 0 Å². The van der Waals surface area contributed by atoms with Gasteiger partial charge in [-0.1, -0.05) is 6.92 Å². The van der Waals surface area contributed by atoms with Crippen LogP contribution < -0.4 is 0 Å². The Bertz CT molecular complexity index is 672. The molecule has 7 nitrogen and oxygen atoms in total. The van der Waals surface area contributed by atoms with Crippen molar-refractivity contribution >= 4 is 12.1 Å². The first-order valence-corrected chi connectivity index (χ1v) is 11.4. The van der Waals surface area contributed by atoms with Gasteiger partial charge < -0.3 is 19.1 Å². The van der Waals surface area contributed by atoms with Gasteiger partial charge in [0.15, 0.2) is 0 Å². The van der Waals surface area contributed by atoms with E-state index < -0.39 is 0 Å². The number of amides is 1. The van der Waals surface area contributed by atoms with Gasteiger partial charge in [-0.2, -0.15) is 0 Å². The Morgan fingerprint density at radius 2 is 2.00 bits per heavy atom. The van der Waals surface area contributed by atoms with Crippen molar-refractivity contribution < 1.29 is 23.8 Å². The standard InChI is InChI=1S/C22H34N2O5/c1-3-27-20(26)24-9-7-23(8-10-24)13-16-15-11-18-21(2,12-17(15)29-19(16)25)5-4-6-22(18)14-28-22/h15-18H,3-14H2,1-2H3/t15-,16+,17-,18-,21-,22+/m1/s1. The van der Waals surface area contributed by atoms with Crippen molar-refractivity contribution in [2.45, 2.75) is 57.7 Å². The average Bonchev–Trinajstić information content (AvgIpc) is 3.40. The van der Waals surface area contributed by atoms with Crippen LogP contribution in [0.25, 0.3) is 0 Å². The van der Waals surface area contributed by atoms with E-state index in [9.17, 15) is 9.59 Å². The number of hydrogen-bond donors (Lipinski definition) is 0. The van der Waals surface area contributed by atoms with Crippen LogP contribution >= 0.6 is 0 Å². The van der Waals surface area contributed by atoms with Crippen molar-refractivity contribution in [1.82, 2.24) is 9.80 Å². The highest BCUT2D eigenvalue weighted by molar-refractivity contribution is 5.75. The molecule has 3 saturated heterocycles. The molecule has 0 bridgehead atoms. The van der Waals surface area contributed by atoms with Gasteiger partial charge in [-0.05, 0) is 50.4 Å². The predicted molar refractivity (Wildman–Crippen MR) is 105 cm³/mol. The summed E-state index contributed by atoms with van der Waals surface area (Å²) in [5.74, 6) is 0.808. The molecule has 7 heteroatoms. The SMILES string of the molecule is CCOC(=O)N1CCN(C[C@@H]2C(=O)O[C@@H]3C[C@@]4(C)CCC[C@]5(CO5)[C@@H]4C[C@H]23)CC1. The van der Waals surface area contributed by atoms with Gasteiger partial charge in [-0.15, -0.1) is 0 Å². The Morgan fingerprint density at radius 3 is 2.69 bits per heavy atom. The van der Waals surface area contributed by atoms with Crippen molar-refractivity contribution in [3.8, 4) is 0 Å². The number of ether oxygens (including phenoxy) is 3. The van der Waals surface area contributed by atoms with E-state index in [1.54, 1.807) is 4.90 Å². The van der Waals surface area contributed by atoms with E-state index in [1.807, 2.05) is 6.92 Å². The van der Waals surface area contributed by atoms with Crippen LogP contribution in [-0.4, -0.2) is 79.5 Å². The number of esters is 1. The number of rotatable bonds is 3. The molecule has 1 spiro atoms. The highest BCUT2D eigenvalue weighted by Crippen LogP contribution is 2.62. The van der Waals surface area contributed by atoms with Gasteiger partial charge in [0.1, 0.15) is 6.10 Å². The molecule has 0 radical (unpaired) electrons.